The molecule has 0 spiro atoms. The first-order valence-electron chi connectivity index (χ1n) is 6.71. The van der Waals surface area contributed by atoms with E-state index in [2.05, 4.69) is 5.32 Å². The van der Waals surface area contributed by atoms with Crippen LogP contribution in [0.15, 0.2) is 30.3 Å². The van der Waals surface area contributed by atoms with Crippen LogP contribution in [-0.2, 0) is 9.53 Å². The topological polar surface area (TPSA) is 67.8 Å². The molecule has 0 aliphatic carbocycles. The maximum Gasteiger partial charge on any atom is 0.323 e. The van der Waals surface area contributed by atoms with Crippen LogP contribution < -0.4 is 10.1 Å². The second-order valence-corrected chi connectivity index (χ2v) is 4.93. The molecule has 1 rings (SSSR count). The number of carbonyl (C=O) groups excluding carboxylic acids is 1. The van der Waals surface area contributed by atoms with Gasteiger partial charge in [-0.15, -0.1) is 0 Å². The van der Waals surface area contributed by atoms with Crippen molar-refractivity contribution in [2.24, 2.45) is 5.92 Å². The number of aliphatic hydroxyl groups is 1. The molecule has 5 nitrogen and oxygen atoms in total. The summed E-state index contributed by atoms with van der Waals surface area (Å²) in [4.78, 5) is 11.5. The van der Waals surface area contributed by atoms with Gasteiger partial charge in [0, 0.05) is 6.54 Å². The number of esters is 1. The maximum atomic E-state index is 11.5. The third-order valence-corrected chi connectivity index (χ3v) is 2.88. The van der Waals surface area contributed by atoms with Crippen molar-refractivity contribution < 1.29 is 19.4 Å². The minimum absolute atomic E-state index is 0.0877. The Kier molecular flexibility index (Phi) is 7.04. The Hall–Kier alpha value is -1.59. The highest BCUT2D eigenvalue weighted by atomic mass is 16.5. The quantitative estimate of drug-likeness (QED) is 0.701. The average Bonchev–Trinajstić information content (AvgIpc) is 2.45. The zero-order valence-electron chi connectivity index (χ0n) is 12.2. The predicted octanol–water partition coefficient (Wildman–Crippen LogP) is 1.21. The summed E-state index contributed by atoms with van der Waals surface area (Å²) in [6.45, 7) is 4.27. The first-order chi connectivity index (χ1) is 9.54. The Morgan fingerprint density at radius 3 is 2.50 bits per heavy atom. The molecule has 0 heterocycles. The van der Waals surface area contributed by atoms with Crippen LogP contribution in [0.5, 0.6) is 5.75 Å². The molecule has 0 saturated carbocycles. The minimum atomic E-state index is -0.693. The van der Waals surface area contributed by atoms with Crippen molar-refractivity contribution in [2.45, 2.75) is 26.0 Å². The number of rotatable bonds is 8. The molecule has 20 heavy (non-hydrogen) atoms. The monoisotopic (exact) mass is 281 g/mol. The molecule has 112 valence electrons. The highest BCUT2D eigenvalue weighted by Gasteiger charge is 2.23. The lowest BCUT2D eigenvalue weighted by molar-refractivity contribution is -0.144. The summed E-state index contributed by atoms with van der Waals surface area (Å²) < 4.78 is 10.2. The summed E-state index contributed by atoms with van der Waals surface area (Å²) in [5.74, 6) is 0.473. The Morgan fingerprint density at radius 2 is 1.95 bits per heavy atom. The molecule has 0 aliphatic heterocycles. The molecule has 0 aliphatic rings. The van der Waals surface area contributed by atoms with Crippen molar-refractivity contribution >= 4 is 5.97 Å². The fraction of sp³-hybridized carbons (Fsp3) is 0.533. The molecule has 1 aromatic carbocycles. The smallest absolute Gasteiger partial charge is 0.323 e. The van der Waals surface area contributed by atoms with Gasteiger partial charge in [0.2, 0.25) is 0 Å². The van der Waals surface area contributed by atoms with E-state index in [9.17, 15) is 9.90 Å². The third-order valence-electron chi connectivity index (χ3n) is 2.88. The molecule has 5 heteroatoms. The highest BCUT2D eigenvalue weighted by Crippen LogP contribution is 2.08. The van der Waals surface area contributed by atoms with E-state index in [0.717, 1.165) is 0 Å². The Labute approximate surface area is 119 Å². The van der Waals surface area contributed by atoms with Crippen LogP contribution in [0.3, 0.4) is 0 Å². The van der Waals surface area contributed by atoms with Crippen molar-refractivity contribution in [3.05, 3.63) is 30.3 Å². The van der Waals surface area contributed by atoms with Gasteiger partial charge in [-0.05, 0) is 18.1 Å². The molecular weight excluding hydrogens is 258 g/mol. The molecule has 1 unspecified atom stereocenters. The highest BCUT2D eigenvalue weighted by molar-refractivity contribution is 5.75. The fourth-order valence-corrected chi connectivity index (χ4v) is 1.75. The summed E-state index contributed by atoms with van der Waals surface area (Å²) in [6, 6.07) is 8.86. The van der Waals surface area contributed by atoms with Crippen molar-refractivity contribution in [3.8, 4) is 5.75 Å². The number of benzene rings is 1. The van der Waals surface area contributed by atoms with E-state index in [4.69, 9.17) is 9.47 Å². The molecular formula is C15H23NO4. The Morgan fingerprint density at radius 1 is 1.30 bits per heavy atom. The second kappa shape index (κ2) is 8.55. The van der Waals surface area contributed by atoms with Crippen LogP contribution in [-0.4, -0.2) is 43.5 Å². The van der Waals surface area contributed by atoms with Crippen LogP contribution in [0.1, 0.15) is 13.8 Å². The van der Waals surface area contributed by atoms with Gasteiger partial charge in [0.25, 0.3) is 0 Å². The molecule has 0 radical (unpaired) electrons. The first-order valence-corrected chi connectivity index (χ1v) is 6.71. The lowest BCUT2D eigenvalue weighted by Gasteiger charge is -2.21. The largest absolute Gasteiger partial charge is 0.491 e. The van der Waals surface area contributed by atoms with Gasteiger partial charge in [-0.25, -0.2) is 0 Å². The number of nitrogens with one attached hydrogen (secondary N) is 1. The Balaban J connectivity index is 2.34. The van der Waals surface area contributed by atoms with Gasteiger partial charge < -0.3 is 19.9 Å². The summed E-state index contributed by atoms with van der Waals surface area (Å²) in [5.41, 5.74) is 0. The maximum absolute atomic E-state index is 11.5. The molecule has 0 aromatic heterocycles. The predicted molar refractivity (Wildman–Crippen MR) is 76.6 cm³/mol. The number of para-hydroxylation sites is 1. The number of carbonyl (C=O) groups is 1. The van der Waals surface area contributed by atoms with Crippen molar-refractivity contribution in [3.63, 3.8) is 0 Å². The van der Waals surface area contributed by atoms with Crippen LogP contribution in [0.2, 0.25) is 0 Å². The van der Waals surface area contributed by atoms with Crippen LogP contribution in [0, 0.1) is 5.92 Å². The standard InChI is InChI=1S/C15H23NO4/c1-11(2)14(15(18)19-3)16-9-12(17)10-20-13-7-5-4-6-8-13/h4-8,11-12,14,16-17H,9-10H2,1-3H3/t12?,14-/m0/s1. The summed E-state index contributed by atoms with van der Waals surface area (Å²) in [7, 11) is 1.36. The molecule has 0 saturated heterocycles. The zero-order valence-corrected chi connectivity index (χ0v) is 12.2. The van der Waals surface area contributed by atoms with Crippen molar-refractivity contribution in [1.29, 1.82) is 0 Å². The van der Waals surface area contributed by atoms with Crippen molar-refractivity contribution in [1.82, 2.24) is 5.32 Å². The third kappa shape index (κ3) is 5.59. The van der Waals surface area contributed by atoms with Gasteiger partial charge in [-0.3, -0.25) is 4.79 Å². The van der Waals surface area contributed by atoms with Crippen LogP contribution in [0.4, 0.5) is 0 Å². The van der Waals surface area contributed by atoms with Gasteiger partial charge in [-0.1, -0.05) is 32.0 Å². The number of aliphatic hydroxyl groups excluding tert-OH is 1. The van der Waals surface area contributed by atoms with E-state index in [1.807, 2.05) is 44.2 Å². The van der Waals surface area contributed by atoms with Crippen molar-refractivity contribution in [2.75, 3.05) is 20.3 Å². The summed E-state index contributed by atoms with van der Waals surface area (Å²) in [5, 5.41) is 12.9. The van der Waals surface area contributed by atoms with E-state index in [1.54, 1.807) is 0 Å². The van der Waals surface area contributed by atoms with E-state index in [0.29, 0.717) is 5.75 Å². The van der Waals surface area contributed by atoms with Gasteiger partial charge in [0.1, 0.15) is 24.5 Å². The fourth-order valence-electron chi connectivity index (χ4n) is 1.75. The number of hydrogen-bond acceptors (Lipinski definition) is 5. The van der Waals surface area contributed by atoms with E-state index >= 15 is 0 Å². The van der Waals surface area contributed by atoms with Crippen LogP contribution >= 0.6 is 0 Å². The summed E-state index contributed by atoms with van der Waals surface area (Å²) >= 11 is 0. The van der Waals surface area contributed by atoms with Crippen LogP contribution in [0.25, 0.3) is 0 Å². The number of methoxy groups -OCH3 is 1. The number of hydrogen-bond donors (Lipinski definition) is 2. The van der Waals surface area contributed by atoms with E-state index in [1.165, 1.54) is 7.11 Å². The molecule has 1 aromatic rings. The second-order valence-electron chi connectivity index (χ2n) is 4.93. The molecule has 2 N–H and O–H groups in total. The molecule has 0 amide bonds. The lowest BCUT2D eigenvalue weighted by atomic mass is 10.0. The van der Waals surface area contributed by atoms with E-state index < -0.39 is 12.1 Å². The normalized spacial score (nSPS) is 13.8. The lowest BCUT2D eigenvalue weighted by Crippen LogP contribution is -2.45. The molecule has 0 bridgehead atoms. The van der Waals surface area contributed by atoms with Gasteiger partial charge in [0.05, 0.1) is 7.11 Å². The minimum Gasteiger partial charge on any atom is -0.491 e. The van der Waals surface area contributed by atoms with Gasteiger partial charge in [0.15, 0.2) is 0 Å². The van der Waals surface area contributed by atoms with E-state index in [-0.39, 0.29) is 25.0 Å². The zero-order chi connectivity index (χ0) is 15.0. The molecule has 0 fully saturated rings. The van der Waals surface area contributed by atoms with Gasteiger partial charge >= 0.3 is 5.97 Å². The number of ether oxygens (including phenoxy) is 2. The average molecular weight is 281 g/mol. The Bertz CT molecular complexity index is 394. The SMILES string of the molecule is COC(=O)[C@@H](NCC(O)COc1ccccc1)C(C)C. The molecule has 2 atom stereocenters. The summed E-state index contributed by atoms with van der Waals surface area (Å²) in [6.07, 6.45) is -0.693. The first kappa shape index (κ1) is 16.5. The van der Waals surface area contributed by atoms with Gasteiger partial charge in [-0.2, -0.15) is 0 Å².